The first-order valence-electron chi connectivity index (χ1n) is 6.18. The Hall–Kier alpha value is -1.23. The molecule has 1 aliphatic heterocycles. The number of rotatable bonds is 2. The van der Waals surface area contributed by atoms with Gasteiger partial charge in [-0.15, -0.1) is 0 Å². The average molecular weight is 265 g/mol. The van der Waals surface area contributed by atoms with Crippen LogP contribution in [-0.2, 0) is 6.54 Å². The molecule has 0 amide bonds. The molecule has 3 rings (SSSR count). The fourth-order valence-corrected chi connectivity index (χ4v) is 3.71. The molecule has 2 aromatic rings. The number of nitrogen functional groups attached to an aromatic ring is 1. The third kappa shape index (κ3) is 1.96. The summed E-state index contributed by atoms with van der Waals surface area (Å²) in [6.07, 6.45) is 2.50. The number of hydrogen-bond donors (Lipinski definition) is 1. The van der Waals surface area contributed by atoms with Gasteiger partial charge in [0.1, 0.15) is 5.82 Å². The Morgan fingerprint density at radius 3 is 3.11 bits per heavy atom. The van der Waals surface area contributed by atoms with E-state index in [2.05, 4.69) is 4.98 Å². The molecule has 0 bridgehead atoms. The summed E-state index contributed by atoms with van der Waals surface area (Å²) in [6, 6.07) is 3.31. The lowest BCUT2D eigenvalue weighted by molar-refractivity contribution is 0.619. The molecule has 3 nitrogen and oxygen atoms in total. The lowest BCUT2D eigenvalue weighted by Gasteiger charge is -2.12. The van der Waals surface area contributed by atoms with Crippen LogP contribution in [0.25, 0.3) is 11.0 Å². The maximum atomic E-state index is 13.5. The molecule has 18 heavy (non-hydrogen) atoms. The van der Waals surface area contributed by atoms with E-state index < -0.39 is 0 Å². The summed E-state index contributed by atoms with van der Waals surface area (Å²) in [5.41, 5.74) is 8.19. The van der Waals surface area contributed by atoms with Gasteiger partial charge in [0.25, 0.3) is 0 Å². The van der Waals surface area contributed by atoms with Crippen molar-refractivity contribution in [1.82, 2.24) is 9.55 Å². The number of imidazole rings is 1. The Morgan fingerprint density at radius 1 is 1.56 bits per heavy atom. The van der Waals surface area contributed by atoms with E-state index in [0.29, 0.717) is 22.3 Å². The van der Waals surface area contributed by atoms with Crippen molar-refractivity contribution < 1.29 is 4.39 Å². The molecule has 1 aromatic carbocycles. The first-order valence-corrected chi connectivity index (χ1v) is 7.23. The van der Waals surface area contributed by atoms with Crippen molar-refractivity contribution in [2.45, 2.75) is 31.6 Å². The summed E-state index contributed by atoms with van der Waals surface area (Å²) >= 11 is 1.99. The molecule has 1 atom stereocenters. The number of thioether (sulfide) groups is 1. The van der Waals surface area contributed by atoms with Crippen molar-refractivity contribution in [2.75, 3.05) is 11.5 Å². The molecular weight excluding hydrogens is 249 g/mol. The number of nitrogens with two attached hydrogens (primary N) is 1. The van der Waals surface area contributed by atoms with Gasteiger partial charge in [0, 0.05) is 17.9 Å². The molecule has 1 aromatic heterocycles. The monoisotopic (exact) mass is 265 g/mol. The summed E-state index contributed by atoms with van der Waals surface area (Å²) in [7, 11) is 0. The highest BCUT2D eigenvalue weighted by Gasteiger charge is 2.19. The lowest BCUT2D eigenvalue weighted by atomic mass is 10.2. The molecular formula is C13H16FN3S. The number of aromatic nitrogens is 2. The SMILES string of the molecule is Cc1cc2c(cc1F)nc(N)n2CC1CCCS1. The van der Waals surface area contributed by atoms with Crippen LogP contribution < -0.4 is 5.73 Å². The number of halogens is 1. The third-order valence-electron chi connectivity index (χ3n) is 3.47. The van der Waals surface area contributed by atoms with Gasteiger partial charge in [0.05, 0.1) is 11.0 Å². The van der Waals surface area contributed by atoms with Crippen LogP contribution in [0.5, 0.6) is 0 Å². The molecule has 0 saturated carbocycles. The van der Waals surface area contributed by atoms with Crippen LogP contribution in [0.15, 0.2) is 12.1 Å². The number of fused-ring (bicyclic) bond motifs is 1. The largest absolute Gasteiger partial charge is 0.369 e. The van der Waals surface area contributed by atoms with E-state index in [1.165, 1.54) is 24.7 Å². The molecule has 0 aliphatic carbocycles. The van der Waals surface area contributed by atoms with E-state index >= 15 is 0 Å². The highest BCUT2D eigenvalue weighted by atomic mass is 32.2. The predicted octanol–water partition coefficient (Wildman–Crippen LogP) is 2.96. The molecule has 96 valence electrons. The van der Waals surface area contributed by atoms with Gasteiger partial charge in [0.2, 0.25) is 5.95 Å². The van der Waals surface area contributed by atoms with E-state index in [9.17, 15) is 4.39 Å². The van der Waals surface area contributed by atoms with Gasteiger partial charge in [-0.2, -0.15) is 11.8 Å². The molecule has 1 fully saturated rings. The van der Waals surface area contributed by atoms with Crippen LogP contribution in [0.3, 0.4) is 0 Å². The second-order valence-electron chi connectivity index (χ2n) is 4.81. The standard InChI is InChI=1S/C13H16FN3S/c1-8-5-12-11(6-10(8)14)16-13(15)17(12)7-9-3-2-4-18-9/h5-6,9H,2-4,7H2,1H3,(H2,15,16). The van der Waals surface area contributed by atoms with Crippen LogP contribution in [0.2, 0.25) is 0 Å². The van der Waals surface area contributed by atoms with Gasteiger partial charge in [0.15, 0.2) is 0 Å². The fourth-order valence-electron chi connectivity index (χ4n) is 2.45. The number of hydrogen-bond acceptors (Lipinski definition) is 3. The fraction of sp³-hybridized carbons (Fsp3) is 0.462. The van der Waals surface area contributed by atoms with Crippen LogP contribution in [0, 0.1) is 12.7 Å². The normalized spacial score (nSPS) is 19.8. The van der Waals surface area contributed by atoms with Gasteiger partial charge < -0.3 is 10.3 Å². The Morgan fingerprint density at radius 2 is 2.39 bits per heavy atom. The Labute approximate surface area is 110 Å². The number of benzene rings is 1. The minimum Gasteiger partial charge on any atom is -0.369 e. The minimum absolute atomic E-state index is 0.220. The maximum Gasteiger partial charge on any atom is 0.201 e. The second-order valence-corrected chi connectivity index (χ2v) is 6.21. The van der Waals surface area contributed by atoms with Crippen molar-refractivity contribution >= 4 is 28.7 Å². The van der Waals surface area contributed by atoms with Crippen molar-refractivity contribution in [3.63, 3.8) is 0 Å². The molecule has 1 unspecified atom stereocenters. The summed E-state index contributed by atoms with van der Waals surface area (Å²) in [4.78, 5) is 4.25. The lowest BCUT2D eigenvalue weighted by Crippen LogP contribution is -2.12. The zero-order chi connectivity index (χ0) is 12.7. The average Bonchev–Trinajstić information content (AvgIpc) is 2.92. The van der Waals surface area contributed by atoms with Gasteiger partial charge >= 0.3 is 0 Å². The first-order chi connectivity index (χ1) is 8.65. The predicted molar refractivity (Wildman–Crippen MR) is 74.3 cm³/mol. The van der Waals surface area contributed by atoms with Gasteiger partial charge in [-0.1, -0.05) is 0 Å². The number of nitrogens with zero attached hydrogens (tertiary/aromatic N) is 2. The van der Waals surface area contributed by atoms with Gasteiger partial charge in [-0.05, 0) is 37.1 Å². The van der Waals surface area contributed by atoms with Crippen LogP contribution >= 0.6 is 11.8 Å². The van der Waals surface area contributed by atoms with Crippen LogP contribution in [0.4, 0.5) is 10.3 Å². The molecule has 5 heteroatoms. The molecule has 0 radical (unpaired) electrons. The summed E-state index contributed by atoms with van der Waals surface area (Å²) in [5, 5.41) is 0.607. The van der Waals surface area contributed by atoms with E-state index in [1.54, 1.807) is 6.92 Å². The van der Waals surface area contributed by atoms with Crippen molar-refractivity contribution in [1.29, 1.82) is 0 Å². The van der Waals surface area contributed by atoms with E-state index in [-0.39, 0.29) is 5.82 Å². The molecule has 1 aliphatic rings. The van der Waals surface area contributed by atoms with Crippen molar-refractivity contribution in [2.24, 2.45) is 0 Å². The summed E-state index contributed by atoms with van der Waals surface area (Å²) in [5.74, 6) is 1.50. The topological polar surface area (TPSA) is 43.8 Å². The molecule has 2 heterocycles. The molecule has 1 saturated heterocycles. The Bertz CT molecular complexity index is 587. The zero-order valence-corrected chi connectivity index (χ0v) is 11.1. The van der Waals surface area contributed by atoms with E-state index in [1.807, 2.05) is 22.4 Å². The van der Waals surface area contributed by atoms with Crippen LogP contribution in [-0.4, -0.2) is 20.6 Å². The zero-order valence-electron chi connectivity index (χ0n) is 10.3. The first kappa shape index (κ1) is 11.8. The highest BCUT2D eigenvalue weighted by Crippen LogP contribution is 2.30. The Balaban J connectivity index is 2.04. The molecule has 0 spiro atoms. The van der Waals surface area contributed by atoms with E-state index in [0.717, 1.165) is 12.1 Å². The quantitative estimate of drug-likeness (QED) is 0.908. The second kappa shape index (κ2) is 4.46. The third-order valence-corrected chi connectivity index (χ3v) is 4.85. The summed E-state index contributed by atoms with van der Waals surface area (Å²) in [6.45, 7) is 2.64. The number of anilines is 1. The molecule has 2 N–H and O–H groups in total. The minimum atomic E-state index is -0.220. The summed E-state index contributed by atoms with van der Waals surface area (Å²) < 4.78 is 15.5. The highest BCUT2D eigenvalue weighted by molar-refractivity contribution is 8.00. The Kier molecular flexibility index (Phi) is 2.93. The van der Waals surface area contributed by atoms with E-state index in [4.69, 9.17) is 5.73 Å². The smallest absolute Gasteiger partial charge is 0.201 e. The maximum absolute atomic E-state index is 13.5. The van der Waals surface area contributed by atoms with Crippen molar-refractivity contribution in [3.8, 4) is 0 Å². The van der Waals surface area contributed by atoms with Crippen molar-refractivity contribution in [3.05, 3.63) is 23.5 Å². The van der Waals surface area contributed by atoms with Gasteiger partial charge in [-0.25, -0.2) is 9.37 Å². The van der Waals surface area contributed by atoms with Crippen LogP contribution in [0.1, 0.15) is 18.4 Å². The number of aryl methyl sites for hydroxylation is 1. The van der Waals surface area contributed by atoms with Gasteiger partial charge in [-0.3, -0.25) is 0 Å².